The smallest absolute Gasteiger partial charge is 0.331 e. The summed E-state index contributed by atoms with van der Waals surface area (Å²) in [5, 5.41) is 13.4. The van der Waals surface area contributed by atoms with Crippen molar-refractivity contribution < 1.29 is 8.78 Å². The summed E-state index contributed by atoms with van der Waals surface area (Å²) in [6, 6.07) is 11.7. The lowest BCUT2D eigenvalue weighted by atomic mass is 9.90. The van der Waals surface area contributed by atoms with Gasteiger partial charge in [0.1, 0.15) is 0 Å². The van der Waals surface area contributed by atoms with Gasteiger partial charge < -0.3 is 10.2 Å². The van der Waals surface area contributed by atoms with Crippen molar-refractivity contribution in [3.63, 3.8) is 0 Å². The molecule has 1 aromatic carbocycles. The Kier molecular flexibility index (Phi) is 6.05. The summed E-state index contributed by atoms with van der Waals surface area (Å²) in [7, 11) is 0. The number of aromatic nitrogens is 3. The van der Waals surface area contributed by atoms with E-state index in [4.69, 9.17) is 0 Å². The van der Waals surface area contributed by atoms with Gasteiger partial charge in [0.05, 0.1) is 34.9 Å². The fraction of sp³-hybridized carbons (Fsp3) is 0.379. The highest BCUT2D eigenvalue weighted by Gasteiger charge is 2.47. The molecule has 3 aromatic heterocycles. The third-order valence-corrected chi connectivity index (χ3v) is 9.47. The third kappa shape index (κ3) is 4.22. The van der Waals surface area contributed by atoms with Gasteiger partial charge in [-0.05, 0) is 61.1 Å². The molecular weight excluding hydrogens is 534 g/mol. The monoisotopic (exact) mass is 560 g/mol. The quantitative estimate of drug-likeness (QED) is 0.386. The summed E-state index contributed by atoms with van der Waals surface area (Å²) in [5.41, 5.74) is 4.44. The molecule has 0 spiro atoms. The lowest BCUT2D eigenvalue weighted by molar-refractivity contribution is 0.124. The Hall–Kier alpha value is -3.88. The van der Waals surface area contributed by atoms with Gasteiger partial charge in [-0.3, -0.25) is 18.9 Å². The maximum atomic E-state index is 13.0. The second-order valence-corrected chi connectivity index (χ2v) is 12.0. The average Bonchev–Trinajstić information content (AvgIpc) is 3.32. The number of thiophene rings is 1. The number of nitriles is 1. The number of nitrogens with zero attached hydrogens (tertiary/aromatic N) is 5. The minimum Gasteiger partial charge on any atom is -0.366 e. The molecule has 3 aliphatic rings. The third-order valence-electron chi connectivity index (χ3n) is 8.33. The molecule has 1 aliphatic carbocycles. The van der Waals surface area contributed by atoms with E-state index in [0.717, 1.165) is 75.2 Å². The van der Waals surface area contributed by atoms with Crippen molar-refractivity contribution in [3.8, 4) is 17.2 Å². The Morgan fingerprint density at radius 2 is 2.08 bits per heavy atom. The van der Waals surface area contributed by atoms with E-state index in [1.54, 1.807) is 6.20 Å². The first-order valence-corrected chi connectivity index (χ1v) is 14.2. The zero-order chi connectivity index (χ0) is 27.5. The summed E-state index contributed by atoms with van der Waals surface area (Å²) in [6.45, 7) is 2.12. The van der Waals surface area contributed by atoms with Crippen LogP contribution in [0.3, 0.4) is 0 Å². The molecule has 0 bridgehead atoms. The molecule has 0 amide bonds. The van der Waals surface area contributed by atoms with E-state index in [1.807, 2.05) is 18.2 Å². The first-order valence-electron chi connectivity index (χ1n) is 13.4. The van der Waals surface area contributed by atoms with Gasteiger partial charge in [-0.25, -0.2) is 13.6 Å². The second-order valence-electron chi connectivity index (χ2n) is 10.8. The molecule has 8 nitrogen and oxygen atoms in total. The number of pyridine rings is 1. The Labute approximate surface area is 232 Å². The van der Waals surface area contributed by atoms with Crippen molar-refractivity contribution in [2.24, 2.45) is 5.92 Å². The predicted molar refractivity (Wildman–Crippen MR) is 149 cm³/mol. The van der Waals surface area contributed by atoms with Crippen LogP contribution >= 0.6 is 11.3 Å². The van der Waals surface area contributed by atoms with Crippen molar-refractivity contribution in [3.05, 3.63) is 79.6 Å². The maximum Gasteiger partial charge on any atom is 0.331 e. The van der Waals surface area contributed by atoms with E-state index in [9.17, 15) is 23.6 Å². The van der Waals surface area contributed by atoms with Crippen LogP contribution in [0.2, 0.25) is 0 Å². The number of halogens is 2. The van der Waals surface area contributed by atoms with Crippen LogP contribution in [-0.4, -0.2) is 46.2 Å². The molecule has 40 heavy (non-hydrogen) atoms. The Bertz CT molecular complexity index is 1800. The van der Waals surface area contributed by atoms with Crippen molar-refractivity contribution in [2.75, 3.05) is 24.5 Å². The fourth-order valence-electron chi connectivity index (χ4n) is 6.36. The Balaban J connectivity index is 1.35. The summed E-state index contributed by atoms with van der Waals surface area (Å²) in [6.07, 6.45) is 2.36. The van der Waals surface area contributed by atoms with Crippen LogP contribution in [0.5, 0.6) is 0 Å². The standard InChI is InChI=1S/C29H26F2N6O2S/c30-25(31)15-35-6-3-26(38)37(29(35)39)14-19-10-24-28(40-19)20(2-5-34-24)22-7-16(11-32)8-23-21-9-17(21)13-36(27(22)23)18-1-4-33-12-18/h2-3,5-8,10,17-18,21,25,33H,1,4,9,12-15H2/t17-,18+,21-/m0/s1. The molecule has 5 heterocycles. The van der Waals surface area contributed by atoms with Gasteiger partial charge >= 0.3 is 5.69 Å². The molecule has 11 heteroatoms. The Morgan fingerprint density at radius 3 is 2.85 bits per heavy atom. The molecule has 0 radical (unpaired) electrons. The van der Waals surface area contributed by atoms with Gasteiger partial charge in [-0.1, -0.05) is 0 Å². The van der Waals surface area contributed by atoms with E-state index in [1.165, 1.54) is 22.6 Å². The molecule has 1 N–H and O–H groups in total. The van der Waals surface area contributed by atoms with Gasteiger partial charge in [0, 0.05) is 59.3 Å². The zero-order valence-corrected chi connectivity index (χ0v) is 22.3. The second kappa shape index (κ2) is 9.64. The first kappa shape index (κ1) is 25.1. The van der Waals surface area contributed by atoms with Gasteiger partial charge in [-0.15, -0.1) is 11.3 Å². The number of rotatable bonds is 6. The van der Waals surface area contributed by atoms with Gasteiger partial charge in [0.25, 0.3) is 12.0 Å². The van der Waals surface area contributed by atoms with Crippen molar-refractivity contribution in [1.82, 2.24) is 19.4 Å². The van der Waals surface area contributed by atoms with Crippen LogP contribution < -0.4 is 21.5 Å². The van der Waals surface area contributed by atoms with Crippen molar-refractivity contribution >= 4 is 27.2 Å². The lowest BCUT2D eigenvalue weighted by Gasteiger charge is -2.37. The molecule has 1 saturated carbocycles. The van der Waals surface area contributed by atoms with E-state index < -0.39 is 24.2 Å². The fourth-order valence-corrected chi connectivity index (χ4v) is 7.50. The predicted octanol–water partition coefficient (Wildman–Crippen LogP) is 3.76. The van der Waals surface area contributed by atoms with E-state index >= 15 is 0 Å². The lowest BCUT2D eigenvalue weighted by Crippen LogP contribution is -2.41. The van der Waals surface area contributed by atoms with E-state index in [2.05, 4.69) is 27.3 Å². The number of benzene rings is 1. The summed E-state index contributed by atoms with van der Waals surface area (Å²) < 4.78 is 28.6. The normalized spacial score (nSPS) is 21.4. The van der Waals surface area contributed by atoms with Gasteiger partial charge in [0.2, 0.25) is 0 Å². The molecule has 4 aromatic rings. The number of nitrogens with one attached hydrogen (secondary N) is 1. The van der Waals surface area contributed by atoms with Crippen LogP contribution in [0.25, 0.3) is 21.3 Å². The molecule has 2 aliphatic heterocycles. The van der Waals surface area contributed by atoms with Gasteiger partial charge in [0.15, 0.2) is 0 Å². The van der Waals surface area contributed by atoms with Crippen LogP contribution in [0.4, 0.5) is 14.5 Å². The van der Waals surface area contributed by atoms with E-state index in [0.29, 0.717) is 28.3 Å². The number of anilines is 1. The summed E-state index contributed by atoms with van der Waals surface area (Å²) >= 11 is 1.43. The highest BCUT2D eigenvalue weighted by Crippen LogP contribution is 2.58. The number of hydrogen-bond donors (Lipinski definition) is 1. The number of fused-ring (bicyclic) bond motifs is 4. The first-order chi connectivity index (χ1) is 19.4. The minimum atomic E-state index is -2.71. The topological polar surface area (TPSA) is 96.0 Å². The summed E-state index contributed by atoms with van der Waals surface area (Å²) in [4.78, 5) is 33.1. The molecule has 0 unspecified atom stereocenters. The van der Waals surface area contributed by atoms with Crippen LogP contribution in [-0.2, 0) is 13.1 Å². The van der Waals surface area contributed by atoms with E-state index in [-0.39, 0.29) is 6.54 Å². The van der Waals surface area contributed by atoms with Crippen molar-refractivity contribution in [2.45, 2.75) is 44.3 Å². The number of hydrogen-bond acceptors (Lipinski definition) is 7. The summed E-state index contributed by atoms with van der Waals surface area (Å²) in [5.74, 6) is 1.10. The van der Waals surface area contributed by atoms with Gasteiger partial charge in [-0.2, -0.15) is 5.26 Å². The highest BCUT2D eigenvalue weighted by molar-refractivity contribution is 7.19. The molecule has 3 atom stereocenters. The maximum absolute atomic E-state index is 13.0. The largest absolute Gasteiger partial charge is 0.366 e. The highest BCUT2D eigenvalue weighted by atomic mass is 32.1. The van der Waals surface area contributed by atoms with Crippen LogP contribution in [0, 0.1) is 17.2 Å². The SMILES string of the molecule is N#Cc1cc(-c2ccnc3cc(Cn4c(=O)ccn(CC(F)F)c4=O)sc23)c2c(c1)[C@H]1C[C@H]1CN2[C@@H]1CCNC1. The molecule has 204 valence electrons. The minimum absolute atomic E-state index is 0.0395. The van der Waals surface area contributed by atoms with Crippen LogP contribution in [0.1, 0.15) is 34.8 Å². The average molecular weight is 561 g/mol. The van der Waals surface area contributed by atoms with Crippen LogP contribution in [0.15, 0.2) is 52.3 Å². The molecule has 7 rings (SSSR count). The Morgan fingerprint density at radius 1 is 1.20 bits per heavy atom. The van der Waals surface area contributed by atoms with Crippen molar-refractivity contribution in [1.29, 1.82) is 5.26 Å². The molecule has 2 fully saturated rings. The molecule has 1 saturated heterocycles. The zero-order valence-electron chi connectivity index (χ0n) is 21.5. The molecular formula is C29H26F2N6O2S. The number of alkyl halides is 2.